The zero-order valence-electron chi connectivity index (χ0n) is 21.3. The molecule has 4 heterocycles. The van der Waals surface area contributed by atoms with E-state index in [0.29, 0.717) is 5.82 Å². The average molecular weight is 516 g/mol. The second-order valence-corrected chi connectivity index (χ2v) is 9.48. The summed E-state index contributed by atoms with van der Waals surface area (Å²) in [6, 6.07) is 37.3. The van der Waals surface area contributed by atoms with Crippen LogP contribution in [-0.2, 0) is 0 Å². The van der Waals surface area contributed by atoms with E-state index in [2.05, 4.69) is 90.8 Å². The van der Waals surface area contributed by atoms with Gasteiger partial charge in [-0.1, -0.05) is 66.7 Å². The Hall–Kier alpha value is -5.69. The van der Waals surface area contributed by atoms with E-state index in [4.69, 9.17) is 9.97 Å². The Morgan fingerprint density at radius 2 is 1.25 bits per heavy atom. The van der Waals surface area contributed by atoms with Crippen LogP contribution in [0.5, 0.6) is 0 Å². The van der Waals surface area contributed by atoms with Crippen LogP contribution in [0.4, 0.5) is 0 Å². The number of para-hydroxylation sites is 2. The van der Waals surface area contributed by atoms with Crippen molar-refractivity contribution in [3.63, 3.8) is 0 Å². The predicted octanol–water partition coefficient (Wildman–Crippen LogP) is 7.04. The Balaban J connectivity index is 1.52. The fourth-order valence-corrected chi connectivity index (χ4v) is 5.60. The number of aromatic nitrogens is 7. The van der Waals surface area contributed by atoms with Gasteiger partial charge < -0.3 is 4.57 Å². The summed E-state index contributed by atoms with van der Waals surface area (Å²) in [5.74, 6) is 2.15. The molecule has 7 heteroatoms. The van der Waals surface area contributed by atoms with Crippen molar-refractivity contribution in [1.29, 1.82) is 0 Å². The third kappa shape index (κ3) is 3.34. The molecule has 7 nitrogen and oxygen atoms in total. The molecule has 0 atom stereocenters. The molecule has 4 aromatic carbocycles. The second-order valence-electron chi connectivity index (χ2n) is 9.48. The summed E-state index contributed by atoms with van der Waals surface area (Å²) in [6.07, 6.45) is 4.84. The van der Waals surface area contributed by atoms with Crippen molar-refractivity contribution in [3.05, 3.63) is 128 Å². The highest BCUT2D eigenvalue weighted by Crippen LogP contribution is 2.40. The van der Waals surface area contributed by atoms with Gasteiger partial charge in [0.1, 0.15) is 24.3 Å². The van der Waals surface area contributed by atoms with Crippen LogP contribution in [0, 0.1) is 0 Å². The SMILES string of the molecule is c1ccc(-n2c3ccccc3c3c4nc(-c5ccccc5-c5ncncn5)n(-c5ccccn5)c4ccc32)cc1. The van der Waals surface area contributed by atoms with Gasteiger partial charge in [0.2, 0.25) is 0 Å². The van der Waals surface area contributed by atoms with Gasteiger partial charge in [0.05, 0.1) is 22.1 Å². The van der Waals surface area contributed by atoms with Crippen molar-refractivity contribution >= 4 is 32.8 Å². The Morgan fingerprint density at radius 3 is 2.08 bits per heavy atom. The monoisotopic (exact) mass is 515 g/mol. The lowest BCUT2D eigenvalue weighted by Gasteiger charge is -2.11. The summed E-state index contributed by atoms with van der Waals surface area (Å²) in [4.78, 5) is 23.0. The third-order valence-electron chi connectivity index (χ3n) is 7.26. The molecule has 8 aromatic rings. The largest absolute Gasteiger partial charge is 0.309 e. The van der Waals surface area contributed by atoms with Crippen molar-refractivity contribution in [2.75, 3.05) is 0 Å². The third-order valence-corrected chi connectivity index (χ3v) is 7.26. The number of hydrogen-bond acceptors (Lipinski definition) is 5. The number of fused-ring (bicyclic) bond motifs is 5. The predicted molar refractivity (Wildman–Crippen MR) is 157 cm³/mol. The fourth-order valence-electron chi connectivity index (χ4n) is 5.60. The topological polar surface area (TPSA) is 74.3 Å². The quantitative estimate of drug-likeness (QED) is 0.251. The smallest absolute Gasteiger partial charge is 0.163 e. The van der Waals surface area contributed by atoms with Crippen molar-refractivity contribution in [3.8, 4) is 34.3 Å². The van der Waals surface area contributed by atoms with Crippen LogP contribution in [0.15, 0.2) is 128 Å². The van der Waals surface area contributed by atoms with Crippen molar-refractivity contribution in [2.24, 2.45) is 0 Å². The molecule has 4 aromatic heterocycles. The second kappa shape index (κ2) is 8.96. The van der Waals surface area contributed by atoms with Crippen molar-refractivity contribution in [2.45, 2.75) is 0 Å². The molecule has 0 saturated heterocycles. The molecular weight excluding hydrogens is 494 g/mol. The van der Waals surface area contributed by atoms with E-state index in [0.717, 1.165) is 61.3 Å². The molecule has 188 valence electrons. The van der Waals surface area contributed by atoms with Crippen LogP contribution in [-0.4, -0.2) is 34.1 Å². The molecule has 0 aliphatic heterocycles. The van der Waals surface area contributed by atoms with E-state index in [-0.39, 0.29) is 0 Å². The first-order valence-corrected chi connectivity index (χ1v) is 13.0. The van der Waals surface area contributed by atoms with Crippen LogP contribution in [0.1, 0.15) is 0 Å². The lowest BCUT2D eigenvalue weighted by Crippen LogP contribution is -2.01. The Morgan fingerprint density at radius 1 is 0.525 bits per heavy atom. The molecule has 0 spiro atoms. The van der Waals surface area contributed by atoms with Crippen molar-refractivity contribution < 1.29 is 0 Å². The highest BCUT2D eigenvalue weighted by Gasteiger charge is 2.23. The zero-order valence-corrected chi connectivity index (χ0v) is 21.3. The zero-order chi connectivity index (χ0) is 26.5. The van der Waals surface area contributed by atoms with E-state index in [9.17, 15) is 0 Å². The van der Waals surface area contributed by atoms with Gasteiger partial charge in [0.15, 0.2) is 5.82 Å². The van der Waals surface area contributed by atoms with Gasteiger partial charge in [0, 0.05) is 33.8 Å². The van der Waals surface area contributed by atoms with Crippen LogP contribution in [0.2, 0.25) is 0 Å². The molecule has 0 N–H and O–H groups in total. The van der Waals surface area contributed by atoms with Gasteiger partial charge in [-0.2, -0.15) is 0 Å². The van der Waals surface area contributed by atoms with E-state index >= 15 is 0 Å². The first-order chi connectivity index (χ1) is 19.9. The summed E-state index contributed by atoms with van der Waals surface area (Å²) < 4.78 is 4.44. The standard InChI is InChI=1S/C33H21N7/c1-2-10-22(11-3-1)39-26-15-7-6-14-25(26)30-27(39)17-18-28-31(30)38-33(40(28)29-16-8-9-19-35-29)24-13-5-4-12-23(24)32-36-20-34-21-37-32/h1-21H. The minimum Gasteiger partial charge on any atom is -0.309 e. The normalized spacial score (nSPS) is 11.5. The summed E-state index contributed by atoms with van der Waals surface area (Å²) in [5, 5.41) is 2.25. The maximum atomic E-state index is 5.37. The first-order valence-electron chi connectivity index (χ1n) is 13.0. The molecule has 0 fully saturated rings. The molecular formula is C33H21N7. The summed E-state index contributed by atoms with van der Waals surface area (Å²) >= 11 is 0. The van der Waals surface area contributed by atoms with E-state index in [1.165, 1.54) is 12.7 Å². The highest BCUT2D eigenvalue weighted by molar-refractivity contribution is 6.20. The molecule has 0 bridgehead atoms. The first kappa shape index (κ1) is 22.3. The lowest BCUT2D eigenvalue weighted by molar-refractivity contribution is 1.03. The van der Waals surface area contributed by atoms with E-state index < -0.39 is 0 Å². The van der Waals surface area contributed by atoms with Crippen LogP contribution in [0.3, 0.4) is 0 Å². The van der Waals surface area contributed by atoms with Crippen LogP contribution >= 0.6 is 0 Å². The van der Waals surface area contributed by atoms with Gasteiger partial charge in [-0.3, -0.25) is 4.57 Å². The molecule has 0 amide bonds. The number of rotatable bonds is 4. The molecule has 8 rings (SSSR count). The number of nitrogens with zero attached hydrogens (tertiary/aromatic N) is 7. The van der Waals surface area contributed by atoms with Gasteiger partial charge in [-0.25, -0.2) is 24.9 Å². The van der Waals surface area contributed by atoms with Crippen molar-refractivity contribution in [1.82, 2.24) is 34.1 Å². The summed E-state index contributed by atoms with van der Waals surface area (Å²) in [6.45, 7) is 0. The molecule has 0 aliphatic carbocycles. The maximum absolute atomic E-state index is 5.37. The molecule has 0 aliphatic rings. The minimum atomic E-state index is 0.594. The number of hydrogen-bond donors (Lipinski definition) is 0. The van der Waals surface area contributed by atoms with Gasteiger partial charge in [-0.15, -0.1) is 0 Å². The van der Waals surface area contributed by atoms with Crippen LogP contribution < -0.4 is 0 Å². The number of pyridine rings is 1. The summed E-state index contributed by atoms with van der Waals surface area (Å²) in [7, 11) is 0. The van der Waals surface area contributed by atoms with Gasteiger partial charge in [0.25, 0.3) is 0 Å². The van der Waals surface area contributed by atoms with E-state index in [1.54, 1.807) is 0 Å². The Bertz CT molecular complexity index is 2150. The van der Waals surface area contributed by atoms with Gasteiger partial charge in [-0.05, 0) is 42.5 Å². The summed E-state index contributed by atoms with van der Waals surface area (Å²) in [5.41, 5.74) is 7.02. The average Bonchev–Trinajstić information content (AvgIpc) is 3.58. The van der Waals surface area contributed by atoms with E-state index in [1.807, 2.05) is 48.7 Å². The fraction of sp³-hybridized carbons (Fsp3) is 0. The molecule has 0 saturated carbocycles. The number of benzene rings is 4. The molecule has 0 radical (unpaired) electrons. The maximum Gasteiger partial charge on any atom is 0.163 e. The Labute approximate surface area is 229 Å². The number of imidazole rings is 1. The lowest BCUT2D eigenvalue weighted by atomic mass is 10.1. The Kier molecular flexibility index (Phi) is 4.99. The molecule has 40 heavy (non-hydrogen) atoms. The van der Waals surface area contributed by atoms with Crippen LogP contribution in [0.25, 0.3) is 67.1 Å². The highest BCUT2D eigenvalue weighted by atomic mass is 15.1. The minimum absolute atomic E-state index is 0.594. The molecule has 0 unspecified atom stereocenters. The van der Waals surface area contributed by atoms with Gasteiger partial charge >= 0.3 is 0 Å².